The van der Waals surface area contributed by atoms with Gasteiger partial charge in [0.1, 0.15) is 5.75 Å². The minimum atomic E-state index is -0.709. The quantitative estimate of drug-likeness (QED) is 0.262. The molecule has 1 fully saturated rings. The van der Waals surface area contributed by atoms with Crippen LogP contribution in [0.25, 0.3) is 22.0 Å². The third-order valence-electron chi connectivity index (χ3n) is 7.37. The number of carbonyl (C=O) groups excluding carboxylic acids is 1. The summed E-state index contributed by atoms with van der Waals surface area (Å²) in [7, 11) is 3.11. The fourth-order valence-electron chi connectivity index (χ4n) is 4.99. The summed E-state index contributed by atoms with van der Waals surface area (Å²) in [5.41, 5.74) is 2.08. The SMILES string of the molecule is COc1cc2nccc(Oc3cnc(NC(=O)c4nn(C5CCOCC5)cc(-c5ccc(C)cc5)c4=O)nc3)c2cc1OC. The fourth-order valence-corrected chi connectivity index (χ4v) is 4.99. The molecule has 0 saturated carbocycles. The Morgan fingerprint density at radius 2 is 1.66 bits per heavy atom. The molecule has 4 heterocycles. The van der Waals surface area contributed by atoms with Crippen LogP contribution in [0.4, 0.5) is 5.95 Å². The highest BCUT2D eigenvalue weighted by atomic mass is 16.5. The maximum atomic E-state index is 13.5. The number of pyridine rings is 1. The number of fused-ring (bicyclic) bond motifs is 1. The minimum Gasteiger partial charge on any atom is -0.493 e. The van der Waals surface area contributed by atoms with E-state index >= 15 is 0 Å². The predicted octanol–water partition coefficient (Wildman–Crippen LogP) is 4.97. The van der Waals surface area contributed by atoms with Crippen LogP contribution >= 0.6 is 0 Å². The number of ether oxygens (including phenoxy) is 4. The van der Waals surface area contributed by atoms with Crippen LogP contribution in [-0.4, -0.2) is 58.1 Å². The van der Waals surface area contributed by atoms with E-state index in [2.05, 4.69) is 25.4 Å². The number of aromatic nitrogens is 5. The van der Waals surface area contributed by atoms with Crippen LogP contribution in [0.2, 0.25) is 0 Å². The number of anilines is 1. The zero-order valence-corrected chi connectivity index (χ0v) is 24.4. The Morgan fingerprint density at radius 3 is 2.36 bits per heavy atom. The maximum Gasteiger partial charge on any atom is 0.282 e. The van der Waals surface area contributed by atoms with E-state index in [0.717, 1.165) is 18.4 Å². The molecule has 5 aromatic rings. The Kier molecular flexibility index (Phi) is 8.15. The van der Waals surface area contributed by atoms with Gasteiger partial charge in [0, 0.05) is 42.6 Å². The molecule has 1 aliphatic rings. The van der Waals surface area contributed by atoms with Gasteiger partial charge in [-0.15, -0.1) is 0 Å². The molecule has 1 amide bonds. The van der Waals surface area contributed by atoms with E-state index in [0.29, 0.717) is 58.2 Å². The second kappa shape index (κ2) is 12.5. The Morgan fingerprint density at radius 1 is 0.955 bits per heavy atom. The van der Waals surface area contributed by atoms with Gasteiger partial charge < -0.3 is 18.9 Å². The van der Waals surface area contributed by atoms with Crippen molar-refractivity contribution in [3.05, 3.63) is 88.7 Å². The van der Waals surface area contributed by atoms with Crippen LogP contribution in [0.3, 0.4) is 0 Å². The average molecular weight is 595 g/mol. The second-order valence-electron chi connectivity index (χ2n) is 10.2. The smallest absolute Gasteiger partial charge is 0.282 e. The summed E-state index contributed by atoms with van der Waals surface area (Å²) in [6.45, 7) is 3.14. The van der Waals surface area contributed by atoms with E-state index in [1.807, 2.05) is 31.2 Å². The van der Waals surface area contributed by atoms with Crippen LogP contribution in [0, 0.1) is 6.92 Å². The Hall–Kier alpha value is -5.36. The predicted molar refractivity (Wildman–Crippen MR) is 163 cm³/mol. The van der Waals surface area contributed by atoms with Gasteiger partial charge in [-0.05, 0) is 37.5 Å². The van der Waals surface area contributed by atoms with Gasteiger partial charge in [0.05, 0.1) is 38.2 Å². The van der Waals surface area contributed by atoms with Gasteiger partial charge in [-0.2, -0.15) is 5.10 Å². The van der Waals surface area contributed by atoms with Crippen molar-refractivity contribution in [1.82, 2.24) is 24.7 Å². The van der Waals surface area contributed by atoms with Crippen molar-refractivity contribution >= 4 is 22.8 Å². The van der Waals surface area contributed by atoms with E-state index in [1.165, 1.54) is 12.4 Å². The zero-order valence-electron chi connectivity index (χ0n) is 24.4. The van der Waals surface area contributed by atoms with Gasteiger partial charge in [-0.25, -0.2) is 9.97 Å². The number of nitrogens with zero attached hydrogens (tertiary/aromatic N) is 5. The fraction of sp³-hybridized carbons (Fsp3) is 0.250. The summed E-state index contributed by atoms with van der Waals surface area (Å²) >= 11 is 0. The highest BCUT2D eigenvalue weighted by Crippen LogP contribution is 2.36. The molecule has 0 bridgehead atoms. The molecule has 1 saturated heterocycles. The Balaban J connectivity index is 1.26. The minimum absolute atomic E-state index is 0.00176. The van der Waals surface area contributed by atoms with E-state index in [-0.39, 0.29) is 17.7 Å². The molecule has 0 aliphatic carbocycles. The number of hydrogen-bond donors (Lipinski definition) is 1. The van der Waals surface area contributed by atoms with E-state index < -0.39 is 11.3 Å². The molecule has 1 aliphatic heterocycles. The topological polar surface area (TPSA) is 140 Å². The van der Waals surface area contributed by atoms with Crippen LogP contribution in [0.15, 0.2) is 72.0 Å². The third-order valence-corrected chi connectivity index (χ3v) is 7.37. The molecule has 12 heteroatoms. The first-order chi connectivity index (χ1) is 21.4. The lowest BCUT2D eigenvalue weighted by Crippen LogP contribution is -2.31. The van der Waals surface area contributed by atoms with Gasteiger partial charge in [-0.1, -0.05) is 29.8 Å². The monoisotopic (exact) mass is 594 g/mol. The number of amides is 1. The van der Waals surface area contributed by atoms with E-state index in [9.17, 15) is 9.59 Å². The summed E-state index contributed by atoms with van der Waals surface area (Å²) in [4.78, 5) is 39.8. The molecular weight excluding hydrogens is 564 g/mol. The summed E-state index contributed by atoms with van der Waals surface area (Å²) in [5, 5.41) is 7.76. The molecule has 0 spiro atoms. The molecule has 0 radical (unpaired) electrons. The highest BCUT2D eigenvalue weighted by Gasteiger charge is 2.23. The molecule has 2 aromatic carbocycles. The van der Waals surface area contributed by atoms with Crippen LogP contribution in [0.1, 0.15) is 34.9 Å². The van der Waals surface area contributed by atoms with Crippen molar-refractivity contribution in [2.75, 3.05) is 32.8 Å². The van der Waals surface area contributed by atoms with Gasteiger partial charge in [-0.3, -0.25) is 24.6 Å². The lowest BCUT2D eigenvalue weighted by atomic mass is 10.0. The van der Waals surface area contributed by atoms with Gasteiger partial charge in [0.2, 0.25) is 11.4 Å². The van der Waals surface area contributed by atoms with Crippen molar-refractivity contribution < 1.29 is 23.7 Å². The second-order valence-corrected chi connectivity index (χ2v) is 10.2. The highest BCUT2D eigenvalue weighted by molar-refractivity contribution is 6.02. The van der Waals surface area contributed by atoms with Crippen molar-refractivity contribution in [1.29, 1.82) is 0 Å². The largest absolute Gasteiger partial charge is 0.493 e. The van der Waals surface area contributed by atoms with E-state index in [1.54, 1.807) is 49.5 Å². The van der Waals surface area contributed by atoms with Gasteiger partial charge >= 0.3 is 0 Å². The van der Waals surface area contributed by atoms with E-state index in [4.69, 9.17) is 18.9 Å². The maximum absolute atomic E-state index is 13.5. The molecule has 12 nitrogen and oxygen atoms in total. The van der Waals surface area contributed by atoms with Crippen LogP contribution < -0.4 is 25.0 Å². The van der Waals surface area contributed by atoms with Gasteiger partial charge in [0.25, 0.3) is 5.91 Å². The van der Waals surface area contributed by atoms with Gasteiger partial charge in [0.15, 0.2) is 22.9 Å². The molecule has 44 heavy (non-hydrogen) atoms. The summed E-state index contributed by atoms with van der Waals surface area (Å²) in [6, 6.07) is 12.8. The normalized spacial score (nSPS) is 13.4. The summed E-state index contributed by atoms with van der Waals surface area (Å²) in [5.74, 6) is 1.19. The van der Waals surface area contributed by atoms with Crippen LogP contribution in [0.5, 0.6) is 23.0 Å². The summed E-state index contributed by atoms with van der Waals surface area (Å²) < 4.78 is 24.0. The molecule has 0 unspecified atom stereocenters. The first-order valence-corrected chi connectivity index (χ1v) is 14.0. The van der Waals surface area contributed by atoms with Crippen molar-refractivity contribution in [3.8, 4) is 34.1 Å². The number of rotatable bonds is 8. The number of nitrogens with one attached hydrogen (secondary N) is 1. The number of carbonyl (C=O) groups is 1. The molecule has 1 N–H and O–H groups in total. The first-order valence-electron chi connectivity index (χ1n) is 14.0. The molecule has 224 valence electrons. The zero-order chi connectivity index (χ0) is 30.6. The number of methoxy groups -OCH3 is 2. The third kappa shape index (κ3) is 5.92. The average Bonchev–Trinajstić information content (AvgIpc) is 3.06. The number of aryl methyl sites for hydroxylation is 1. The van der Waals surface area contributed by atoms with Crippen molar-refractivity contribution in [3.63, 3.8) is 0 Å². The molecule has 3 aromatic heterocycles. The number of hydrogen-bond acceptors (Lipinski definition) is 10. The number of benzene rings is 2. The van der Waals surface area contributed by atoms with Crippen molar-refractivity contribution in [2.24, 2.45) is 0 Å². The summed E-state index contributed by atoms with van der Waals surface area (Å²) in [6.07, 6.45) is 7.63. The van der Waals surface area contributed by atoms with Crippen LogP contribution in [-0.2, 0) is 4.74 Å². The molecular formula is C32H30N6O6. The lowest BCUT2D eigenvalue weighted by Gasteiger charge is -2.24. The molecule has 0 atom stereocenters. The standard InChI is InChI=1S/C32H30N6O6/c1-19-4-6-20(7-5-19)24-18-38(21-9-12-43-13-10-21)37-29(30(24)39)31(40)36-32-34-16-22(17-35-32)44-26-8-11-33-25-15-28(42-3)27(41-2)14-23(25)26/h4-8,11,14-18,21H,9-10,12-13H2,1-3H3,(H,34,35,36,40). The van der Waals surface area contributed by atoms with Crippen molar-refractivity contribution in [2.45, 2.75) is 25.8 Å². The Labute approximate surface area is 252 Å². The molecule has 6 rings (SSSR count). The first kappa shape index (κ1) is 28.7. The lowest BCUT2D eigenvalue weighted by molar-refractivity contribution is 0.0655. The Bertz CT molecular complexity index is 1870.